The third-order valence-corrected chi connectivity index (χ3v) is 25.3. The number of phenols is 1. The van der Waals surface area contributed by atoms with Crippen molar-refractivity contribution in [2.24, 2.45) is 28.6 Å². The number of phenolic OH excluding ortho intramolecular Hbond substituents is 1. The number of fused-ring (bicyclic) bond motifs is 9. The number of rotatable bonds is 37. The first-order chi connectivity index (χ1) is 55.8. The van der Waals surface area contributed by atoms with E-state index in [9.17, 15) is 48.3 Å². The number of nitrogens with zero attached hydrogens (tertiary/aromatic N) is 4. The van der Waals surface area contributed by atoms with Crippen LogP contribution in [0.1, 0.15) is 227 Å². The molecule has 0 bridgehead atoms. The van der Waals surface area contributed by atoms with Crippen molar-refractivity contribution >= 4 is 64.5 Å². The summed E-state index contributed by atoms with van der Waals surface area (Å²) in [5, 5.41) is 39.7. The van der Waals surface area contributed by atoms with Gasteiger partial charge in [-0.3, -0.25) is 48.5 Å². The zero-order valence-corrected chi connectivity index (χ0v) is 69.1. The average Bonchev–Trinajstić information content (AvgIpc) is 0.829. The quantitative estimate of drug-likeness (QED) is 0.0104. The number of unbranched alkanes of at least 4 members (excludes halogenated alkanes) is 1. The van der Waals surface area contributed by atoms with Crippen LogP contribution in [-0.4, -0.2) is 164 Å². The van der Waals surface area contributed by atoms with E-state index in [0.29, 0.717) is 76.4 Å². The van der Waals surface area contributed by atoms with E-state index < -0.39 is 63.9 Å². The van der Waals surface area contributed by atoms with Crippen LogP contribution in [-0.2, 0) is 110 Å². The molecule has 1 aliphatic heterocycles. The molecule has 1 unspecified atom stereocenters. The molecule has 116 heavy (non-hydrogen) atoms. The second-order valence-electron chi connectivity index (χ2n) is 33.6. The normalized spacial score (nSPS) is 22.6. The molecule has 626 valence electrons. The molecule has 0 radical (unpaired) electrons. The molecule has 8 N–H and O–H groups in total. The van der Waals surface area contributed by atoms with E-state index in [1.165, 1.54) is 5.56 Å². The van der Waals surface area contributed by atoms with E-state index in [1.807, 2.05) is 104 Å². The van der Waals surface area contributed by atoms with Crippen molar-refractivity contribution in [3.8, 4) is 17.6 Å². The number of nitrogens with one attached hydrogen (secondary N) is 7. The molecule has 6 aliphatic rings. The fraction of sp³-hybridized carbons (Fsp3) is 0.589. The maximum Gasteiger partial charge on any atom is 0.246 e. The summed E-state index contributed by atoms with van der Waals surface area (Å²) in [5.74, 6) is 2.70. The standard InChI is InChI=1S/C90H121N11O15/c1-9-101-72-26-11-10-12-27-73(81(72)98-99-101)116-58-78(105)91-45-18-17-24-70(95-77(104)40-47-112-49-51-114-53-54-115-52-50-113-48-46-92-76(103)38-39-79(106)100-57-65-23-14-13-21-61(65)28-29-64-22-15-16-25-71(64)100)83(108)96-80(59(2)3)84(109)93-60(4)82(107)94-66-34-30-62-32-36-74-87(5,68(62)55-66)41-19-43-89(74,7)85(110)97-86(111)90(8)44-20-42-88(6)69-56-67(102)35-31-63(69)33-37-75(88)90/h13-16,21-23,25,30-31,34-35,55-56,59-60,70,73-75,80,102H,9-12,17-20,24,26-27,32-33,36-54,57-58H2,1-8H3,(H,91,105)(H,92,103)(H,93,109)(H,94,107)(H,95,104)(H,96,108)(H,97,110,111)/t60-,70+,73?,74+,75+,80-,87+,88+,89-,90-/m0/s1. The zero-order chi connectivity index (χ0) is 82.6. The summed E-state index contributed by atoms with van der Waals surface area (Å²) in [5.41, 5.74) is 7.66. The number of amides is 9. The van der Waals surface area contributed by atoms with Gasteiger partial charge in [0.1, 0.15) is 42.3 Å². The summed E-state index contributed by atoms with van der Waals surface area (Å²) in [6.07, 6.45) is 12.9. The van der Waals surface area contributed by atoms with Gasteiger partial charge in [0.2, 0.25) is 53.2 Å². The molecule has 0 saturated heterocycles. The van der Waals surface area contributed by atoms with E-state index in [2.05, 4.69) is 73.2 Å². The highest BCUT2D eigenvalue weighted by atomic mass is 16.6. The number of anilines is 2. The molecule has 2 saturated carbocycles. The van der Waals surface area contributed by atoms with Crippen LogP contribution in [0.2, 0.25) is 0 Å². The fourth-order valence-corrected chi connectivity index (χ4v) is 18.8. The fourth-order valence-electron chi connectivity index (χ4n) is 18.8. The van der Waals surface area contributed by atoms with Crippen LogP contribution in [0.25, 0.3) is 0 Å². The highest BCUT2D eigenvalue weighted by molar-refractivity contribution is 6.02. The van der Waals surface area contributed by atoms with Crippen LogP contribution < -0.4 is 42.1 Å². The minimum absolute atomic E-state index is 0.0122. The van der Waals surface area contributed by atoms with Gasteiger partial charge in [-0.2, -0.15) is 0 Å². The van der Waals surface area contributed by atoms with Crippen LogP contribution in [0.4, 0.5) is 11.4 Å². The molecule has 1 aromatic heterocycles. The van der Waals surface area contributed by atoms with Crippen molar-refractivity contribution in [1.82, 2.24) is 46.9 Å². The number of ether oxygens (including phenoxy) is 5. The third kappa shape index (κ3) is 21.5. The van der Waals surface area contributed by atoms with Crippen molar-refractivity contribution < 1.29 is 71.9 Å². The number of aryl methyl sites for hydroxylation is 3. The SMILES string of the molecule is CCn1nnc2c1CCCCCC2OCC(=O)NCCCC[C@@H](NC(=O)CCOCCOCCOCCOCCNC(=O)CCC(=O)N1Cc2ccccc2C#Cc2ccccc21)C(=O)N[C@H](C(=O)N[C@@H](C)C(=O)Nc1ccc2c(c1)[C@@]1(C)CCC[C@](C)(C(=O)NC(=O)[C@@]3(C)CCC[C@]4(C)c5cc(O)ccc5CC[C@@H]34)[C@@H]1CC2)C(C)C. The summed E-state index contributed by atoms with van der Waals surface area (Å²) in [7, 11) is 0. The topological polar surface area (TPSA) is 338 Å². The van der Waals surface area contributed by atoms with Crippen LogP contribution >= 0.6 is 0 Å². The number of carbonyl (C=O) groups is 9. The van der Waals surface area contributed by atoms with Crippen molar-refractivity contribution in [3.05, 3.63) is 135 Å². The van der Waals surface area contributed by atoms with Gasteiger partial charge in [-0.1, -0.05) is 127 Å². The Bertz CT molecular complexity index is 4380. The molecule has 11 rings (SSSR count). The van der Waals surface area contributed by atoms with Crippen molar-refractivity contribution in [2.75, 3.05) is 82.8 Å². The highest BCUT2D eigenvalue weighted by Gasteiger charge is 2.59. The molecule has 2 fully saturated rings. The number of carbonyl (C=O) groups excluding carboxylic acids is 9. The maximum absolute atomic E-state index is 14.9. The van der Waals surface area contributed by atoms with Gasteiger partial charge in [0.25, 0.3) is 0 Å². The van der Waals surface area contributed by atoms with E-state index >= 15 is 0 Å². The number of hydrogen-bond donors (Lipinski definition) is 8. The second kappa shape index (κ2) is 40.7. The average molecular weight is 1600 g/mol. The Balaban J connectivity index is 0.613. The van der Waals surface area contributed by atoms with Crippen molar-refractivity contribution in [3.63, 3.8) is 0 Å². The molecule has 5 aliphatic carbocycles. The lowest BCUT2D eigenvalue weighted by molar-refractivity contribution is -0.150. The molecule has 0 spiro atoms. The minimum Gasteiger partial charge on any atom is -0.508 e. The predicted molar refractivity (Wildman–Crippen MR) is 438 cm³/mol. The van der Waals surface area contributed by atoms with E-state index in [0.717, 1.165) is 122 Å². The van der Waals surface area contributed by atoms with Gasteiger partial charge in [-0.15, -0.1) is 5.10 Å². The lowest BCUT2D eigenvalue weighted by atomic mass is 9.49. The van der Waals surface area contributed by atoms with Gasteiger partial charge in [0.15, 0.2) is 0 Å². The first-order valence-electron chi connectivity index (χ1n) is 42.2. The number of para-hydroxylation sites is 1. The first kappa shape index (κ1) is 87.4. The van der Waals surface area contributed by atoms with Crippen molar-refractivity contribution in [1.29, 1.82) is 0 Å². The second-order valence-corrected chi connectivity index (χ2v) is 33.6. The molecule has 10 atom stereocenters. The smallest absolute Gasteiger partial charge is 0.246 e. The maximum atomic E-state index is 14.9. The molecular weight excluding hydrogens is 1480 g/mol. The molecule has 4 aromatic carbocycles. The van der Waals surface area contributed by atoms with Crippen molar-refractivity contribution in [2.45, 2.75) is 238 Å². The highest BCUT2D eigenvalue weighted by Crippen LogP contribution is 2.60. The minimum atomic E-state index is -1.11. The Labute approximate surface area is 682 Å². The number of imide groups is 1. The summed E-state index contributed by atoms with van der Waals surface area (Å²) < 4.78 is 30.7. The van der Waals surface area contributed by atoms with Gasteiger partial charge in [-0.05, 0) is 203 Å². The Kier molecular flexibility index (Phi) is 30.6. The van der Waals surface area contributed by atoms with Gasteiger partial charge in [0.05, 0.1) is 81.6 Å². The summed E-state index contributed by atoms with van der Waals surface area (Å²) >= 11 is 0. The largest absolute Gasteiger partial charge is 0.508 e. The molecule has 26 nitrogen and oxygen atoms in total. The van der Waals surface area contributed by atoms with Gasteiger partial charge in [-0.25, -0.2) is 4.68 Å². The van der Waals surface area contributed by atoms with Crippen LogP contribution in [0, 0.1) is 40.4 Å². The molecule has 5 aromatic rings. The lowest BCUT2D eigenvalue weighted by Crippen LogP contribution is -2.60. The van der Waals surface area contributed by atoms with Gasteiger partial charge < -0.3 is 65.6 Å². The zero-order valence-electron chi connectivity index (χ0n) is 69.1. The molecule has 2 heterocycles. The molecular formula is C90H121N11O15. The number of aromatic hydroxyl groups is 1. The Morgan fingerprint density at radius 3 is 1.88 bits per heavy atom. The number of aromatic nitrogens is 3. The lowest BCUT2D eigenvalue weighted by Gasteiger charge is -2.56. The summed E-state index contributed by atoms with van der Waals surface area (Å²) in [4.78, 5) is 127. The van der Waals surface area contributed by atoms with Crippen LogP contribution in [0.5, 0.6) is 5.75 Å². The van der Waals surface area contributed by atoms with E-state index in [1.54, 1.807) is 31.7 Å². The third-order valence-electron chi connectivity index (χ3n) is 25.3. The van der Waals surface area contributed by atoms with E-state index in [4.69, 9.17) is 23.7 Å². The van der Waals surface area contributed by atoms with Crippen LogP contribution in [0.3, 0.4) is 0 Å². The Morgan fingerprint density at radius 2 is 1.20 bits per heavy atom. The van der Waals surface area contributed by atoms with Crippen LogP contribution in [0.15, 0.2) is 84.9 Å². The van der Waals surface area contributed by atoms with Gasteiger partial charge in [0, 0.05) is 55.7 Å². The van der Waals surface area contributed by atoms with E-state index in [-0.39, 0.29) is 137 Å². The monoisotopic (exact) mass is 1600 g/mol. The van der Waals surface area contributed by atoms with Gasteiger partial charge >= 0.3 is 0 Å². The first-order valence-corrected chi connectivity index (χ1v) is 42.2. The molecule has 9 amide bonds. The Morgan fingerprint density at radius 1 is 0.578 bits per heavy atom. The Hall–Kier alpha value is -9.39. The number of hydrogen-bond acceptors (Lipinski definition) is 17. The summed E-state index contributed by atoms with van der Waals surface area (Å²) in [6.45, 7) is 18.9. The molecule has 26 heteroatoms. The number of benzene rings is 4. The summed E-state index contributed by atoms with van der Waals surface area (Å²) in [6, 6.07) is 23.5. The predicted octanol–water partition coefficient (Wildman–Crippen LogP) is 9.90.